The molecular weight excluding hydrogens is 340 g/mol. The van der Waals surface area contributed by atoms with Gasteiger partial charge in [-0.25, -0.2) is 0 Å². The number of benzene rings is 2. The van der Waals surface area contributed by atoms with Crippen LogP contribution in [0.4, 0.5) is 0 Å². The molecule has 0 aliphatic carbocycles. The van der Waals surface area contributed by atoms with Gasteiger partial charge in [-0.1, -0.05) is 46.7 Å². The van der Waals surface area contributed by atoms with Crippen LogP contribution in [0, 0.1) is 20.8 Å². The van der Waals surface area contributed by atoms with Gasteiger partial charge in [-0.3, -0.25) is 4.79 Å². The summed E-state index contributed by atoms with van der Waals surface area (Å²) in [4.78, 5) is 17.4. The highest BCUT2D eigenvalue weighted by Gasteiger charge is 2.10. The molecule has 124 valence electrons. The molecule has 24 heavy (non-hydrogen) atoms. The van der Waals surface area contributed by atoms with Crippen LogP contribution in [-0.4, -0.2) is 10.5 Å². The van der Waals surface area contributed by atoms with E-state index in [2.05, 4.69) is 11.1 Å². The van der Waals surface area contributed by atoms with Crippen molar-refractivity contribution in [3.63, 3.8) is 0 Å². The maximum atomic E-state index is 12.4. The summed E-state index contributed by atoms with van der Waals surface area (Å²) in [6.07, 6.45) is 0.320. The summed E-state index contributed by atoms with van der Waals surface area (Å²) in [7, 11) is 1.93. The Morgan fingerprint density at radius 1 is 1.17 bits per heavy atom. The molecule has 1 aromatic heterocycles. The second-order valence-corrected chi connectivity index (χ2v) is 7.57. The Morgan fingerprint density at radius 2 is 1.92 bits per heavy atom. The highest BCUT2D eigenvalue weighted by Crippen LogP contribution is 2.25. The van der Waals surface area contributed by atoms with Crippen molar-refractivity contribution in [1.29, 1.82) is 0 Å². The van der Waals surface area contributed by atoms with Crippen molar-refractivity contribution < 1.29 is 4.79 Å². The monoisotopic (exact) mass is 358 g/mol. The zero-order chi connectivity index (χ0) is 17.4. The minimum Gasteiger partial charge on any atom is -0.319 e. The summed E-state index contributed by atoms with van der Waals surface area (Å²) < 4.78 is 3.01. The summed E-state index contributed by atoms with van der Waals surface area (Å²) in [6.45, 7) is 6.09. The Balaban J connectivity index is 1.99. The lowest BCUT2D eigenvalue weighted by molar-refractivity contribution is -0.117. The maximum absolute atomic E-state index is 12.4. The number of thiazole rings is 1. The van der Waals surface area contributed by atoms with Gasteiger partial charge in [0.25, 0.3) is 5.91 Å². The first-order chi connectivity index (χ1) is 11.3. The van der Waals surface area contributed by atoms with Crippen LogP contribution in [-0.2, 0) is 18.3 Å². The molecule has 0 saturated heterocycles. The van der Waals surface area contributed by atoms with Gasteiger partial charge < -0.3 is 4.57 Å². The molecule has 0 atom stereocenters. The second kappa shape index (κ2) is 6.54. The Hall–Kier alpha value is -1.91. The molecule has 2 aromatic carbocycles. The molecule has 5 heteroatoms. The van der Waals surface area contributed by atoms with E-state index in [-0.39, 0.29) is 5.91 Å². The lowest BCUT2D eigenvalue weighted by Crippen LogP contribution is -2.14. The molecule has 0 unspecified atom stereocenters. The molecule has 0 radical (unpaired) electrons. The fraction of sp³-hybridized carbons (Fsp3) is 0.263. The number of carbonyl (C=O) groups excluding carboxylic acids is 1. The van der Waals surface area contributed by atoms with E-state index in [1.807, 2.05) is 56.7 Å². The third-order valence-corrected chi connectivity index (χ3v) is 5.41. The Bertz CT molecular complexity index is 1010. The quantitative estimate of drug-likeness (QED) is 0.664. The molecule has 1 heterocycles. The van der Waals surface area contributed by atoms with Crippen molar-refractivity contribution in [3.05, 3.63) is 62.4 Å². The van der Waals surface area contributed by atoms with Gasteiger partial charge in [0, 0.05) is 12.1 Å². The van der Waals surface area contributed by atoms with Gasteiger partial charge in [-0.2, -0.15) is 4.99 Å². The minimum atomic E-state index is -0.132. The number of aromatic nitrogens is 1. The molecule has 3 rings (SSSR count). The number of halogens is 1. The molecule has 0 N–H and O–H groups in total. The molecule has 0 bridgehead atoms. The van der Waals surface area contributed by atoms with E-state index in [4.69, 9.17) is 11.6 Å². The number of fused-ring (bicyclic) bond motifs is 1. The van der Waals surface area contributed by atoms with Crippen LogP contribution >= 0.6 is 22.9 Å². The van der Waals surface area contributed by atoms with Crippen LogP contribution in [0.25, 0.3) is 10.2 Å². The van der Waals surface area contributed by atoms with Crippen molar-refractivity contribution in [2.75, 3.05) is 0 Å². The average molecular weight is 359 g/mol. The van der Waals surface area contributed by atoms with Crippen LogP contribution < -0.4 is 4.80 Å². The van der Waals surface area contributed by atoms with E-state index in [0.717, 1.165) is 26.9 Å². The first kappa shape index (κ1) is 16.9. The number of aryl methyl sites for hydroxylation is 4. The molecule has 0 spiro atoms. The highest BCUT2D eigenvalue weighted by atomic mass is 35.5. The topological polar surface area (TPSA) is 34.4 Å². The molecule has 0 aliphatic heterocycles. The van der Waals surface area contributed by atoms with Gasteiger partial charge in [-0.15, -0.1) is 0 Å². The summed E-state index contributed by atoms with van der Waals surface area (Å²) in [6, 6.07) is 9.97. The van der Waals surface area contributed by atoms with Crippen LogP contribution in [0.1, 0.15) is 22.3 Å². The zero-order valence-corrected chi connectivity index (χ0v) is 15.8. The molecule has 0 aliphatic rings. The largest absolute Gasteiger partial charge is 0.319 e. The van der Waals surface area contributed by atoms with E-state index in [0.29, 0.717) is 16.2 Å². The van der Waals surface area contributed by atoms with Crippen LogP contribution in [0.2, 0.25) is 5.02 Å². The normalized spacial score (nSPS) is 12.1. The number of nitrogens with zero attached hydrogens (tertiary/aromatic N) is 2. The maximum Gasteiger partial charge on any atom is 0.252 e. The number of hydrogen-bond donors (Lipinski definition) is 0. The predicted molar refractivity (Wildman–Crippen MR) is 101 cm³/mol. The molecule has 1 amide bonds. The molecular formula is C19H19ClN2OS. The first-order valence-electron chi connectivity index (χ1n) is 7.74. The van der Waals surface area contributed by atoms with Gasteiger partial charge in [0.2, 0.25) is 0 Å². The van der Waals surface area contributed by atoms with E-state index < -0.39 is 0 Å². The number of carbonyl (C=O) groups is 1. The van der Waals surface area contributed by atoms with Crippen molar-refractivity contribution in [3.8, 4) is 0 Å². The highest BCUT2D eigenvalue weighted by molar-refractivity contribution is 7.16. The fourth-order valence-electron chi connectivity index (χ4n) is 2.93. The van der Waals surface area contributed by atoms with Crippen molar-refractivity contribution in [2.24, 2.45) is 12.0 Å². The third kappa shape index (κ3) is 3.30. The van der Waals surface area contributed by atoms with E-state index in [1.54, 1.807) is 0 Å². The van der Waals surface area contributed by atoms with Gasteiger partial charge >= 0.3 is 0 Å². The zero-order valence-electron chi connectivity index (χ0n) is 14.2. The van der Waals surface area contributed by atoms with Crippen molar-refractivity contribution in [1.82, 2.24) is 4.57 Å². The van der Waals surface area contributed by atoms with E-state index in [1.165, 1.54) is 16.9 Å². The van der Waals surface area contributed by atoms with E-state index in [9.17, 15) is 4.79 Å². The van der Waals surface area contributed by atoms with Crippen LogP contribution in [0.3, 0.4) is 0 Å². The van der Waals surface area contributed by atoms with Crippen LogP contribution in [0.5, 0.6) is 0 Å². The number of hydrogen-bond acceptors (Lipinski definition) is 2. The Labute approximate surface area is 150 Å². The van der Waals surface area contributed by atoms with Gasteiger partial charge in [-0.05, 0) is 49.6 Å². The summed E-state index contributed by atoms with van der Waals surface area (Å²) in [5, 5.41) is 0.704. The molecule has 3 aromatic rings. The number of rotatable bonds is 2. The van der Waals surface area contributed by atoms with Gasteiger partial charge in [0.05, 0.1) is 16.6 Å². The smallest absolute Gasteiger partial charge is 0.252 e. The summed E-state index contributed by atoms with van der Waals surface area (Å²) in [5.41, 5.74) is 5.50. The Kier molecular flexibility index (Phi) is 4.61. The SMILES string of the molecule is Cc1ccc(CC(=O)N=c2sc3cc(Cl)cc(C)c3n2C)c(C)c1. The van der Waals surface area contributed by atoms with Crippen molar-refractivity contribution >= 4 is 39.1 Å². The van der Waals surface area contributed by atoms with Gasteiger partial charge in [0.15, 0.2) is 4.80 Å². The predicted octanol–water partition coefficient (Wildman–Crippen LogP) is 4.49. The van der Waals surface area contributed by atoms with Gasteiger partial charge in [0.1, 0.15) is 0 Å². The van der Waals surface area contributed by atoms with Crippen LogP contribution in [0.15, 0.2) is 35.3 Å². The summed E-state index contributed by atoms with van der Waals surface area (Å²) >= 11 is 7.62. The summed E-state index contributed by atoms with van der Waals surface area (Å²) in [5.74, 6) is -0.132. The minimum absolute atomic E-state index is 0.132. The lowest BCUT2D eigenvalue weighted by Gasteiger charge is -2.04. The standard InChI is InChI=1S/C19H19ClN2OS/c1-11-5-6-14(12(2)7-11)9-17(23)21-19-22(4)18-13(3)8-15(20)10-16(18)24-19/h5-8,10H,9H2,1-4H3. The average Bonchev–Trinajstić information content (AvgIpc) is 2.78. The number of amides is 1. The van der Waals surface area contributed by atoms with Crippen molar-refractivity contribution in [2.45, 2.75) is 27.2 Å². The lowest BCUT2D eigenvalue weighted by atomic mass is 10.0. The molecule has 0 fully saturated rings. The third-order valence-electron chi connectivity index (χ3n) is 4.11. The second-order valence-electron chi connectivity index (χ2n) is 6.13. The molecule has 3 nitrogen and oxygen atoms in total. The van der Waals surface area contributed by atoms with E-state index >= 15 is 0 Å². The first-order valence-corrected chi connectivity index (χ1v) is 8.94. The molecule has 0 saturated carbocycles. The fourth-order valence-corrected chi connectivity index (χ4v) is 4.42. The Morgan fingerprint density at radius 3 is 2.62 bits per heavy atom.